The van der Waals surface area contributed by atoms with Gasteiger partial charge >= 0.3 is 11.9 Å². The van der Waals surface area contributed by atoms with Gasteiger partial charge in [0.2, 0.25) is 0 Å². The van der Waals surface area contributed by atoms with E-state index in [9.17, 15) is 19.8 Å². The summed E-state index contributed by atoms with van der Waals surface area (Å²) in [4.78, 5) is 24.3. The Morgan fingerprint density at radius 3 is 2.04 bits per heavy atom. The van der Waals surface area contributed by atoms with Crippen LogP contribution in [0.3, 0.4) is 0 Å². The topological polar surface area (TPSA) is 74.6 Å². The zero-order valence-electron chi connectivity index (χ0n) is 17.5. The van der Waals surface area contributed by atoms with E-state index in [2.05, 4.69) is 20.8 Å². The fraction of sp³-hybridized carbons (Fsp3) is 0.826. The molecule has 2 rings (SSSR count). The van der Waals surface area contributed by atoms with Gasteiger partial charge in [0.15, 0.2) is 0 Å². The Bertz CT molecular complexity index is 579. The molecule has 154 valence electrons. The number of carboxylic acid groups (broad SMARTS) is 2. The number of rotatable bonds is 13. The number of fused-ring (bicyclic) bond motifs is 2. The number of carboxylic acids is 2. The molecule has 1 fully saturated rings. The minimum Gasteiger partial charge on any atom is -0.478 e. The Labute approximate surface area is 164 Å². The van der Waals surface area contributed by atoms with E-state index < -0.39 is 22.8 Å². The third-order valence-corrected chi connectivity index (χ3v) is 7.23. The summed E-state index contributed by atoms with van der Waals surface area (Å²) >= 11 is 0. The fourth-order valence-corrected chi connectivity index (χ4v) is 5.93. The van der Waals surface area contributed by atoms with Gasteiger partial charge < -0.3 is 10.2 Å². The smallest absolute Gasteiger partial charge is 0.332 e. The zero-order valence-corrected chi connectivity index (χ0v) is 17.5. The quantitative estimate of drug-likeness (QED) is 0.374. The van der Waals surface area contributed by atoms with Crippen molar-refractivity contribution in [1.82, 2.24) is 0 Å². The van der Waals surface area contributed by atoms with Crippen LogP contribution in [0.5, 0.6) is 0 Å². The molecule has 2 N–H and O–H groups in total. The molecule has 0 aromatic heterocycles. The van der Waals surface area contributed by atoms with E-state index in [4.69, 9.17) is 0 Å². The van der Waals surface area contributed by atoms with E-state index in [-0.39, 0.29) is 11.1 Å². The number of unbranched alkanes of at least 4 members (excludes halogenated alkanes) is 4. The van der Waals surface area contributed by atoms with Crippen molar-refractivity contribution in [3.8, 4) is 0 Å². The second-order valence-electron chi connectivity index (χ2n) is 9.03. The van der Waals surface area contributed by atoms with E-state index in [1.54, 1.807) is 0 Å². The van der Waals surface area contributed by atoms with Gasteiger partial charge in [-0.15, -0.1) is 0 Å². The largest absolute Gasteiger partial charge is 0.478 e. The molecule has 0 radical (unpaired) electrons. The fourth-order valence-electron chi connectivity index (χ4n) is 5.93. The van der Waals surface area contributed by atoms with Gasteiger partial charge in [-0.1, -0.05) is 72.1 Å². The van der Waals surface area contributed by atoms with Gasteiger partial charge in [-0.3, -0.25) is 0 Å². The predicted octanol–water partition coefficient (Wildman–Crippen LogP) is 6.20. The first kappa shape index (κ1) is 22.0. The van der Waals surface area contributed by atoms with E-state index in [0.717, 1.165) is 83.5 Å². The molecule has 0 spiro atoms. The van der Waals surface area contributed by atoms with Crippen molar-refractivity contribution in [2.45, 2.75) is 104 Å². The van der Waals surface area contributed by atoms with E-state index in [1.165, 1.54) is 0 Å². The van der Waals surface area contributed by atoms with Crippen molar-refractivity contribution in [3.05, 3.63) is 11.1 Å². The van der Waals surface area contributed by atoms with Crippen LogP contribution in [-0.4, -0.2) is 22.2 Å². The van der Waals surface area contributed by atoms with Crippen LogP contribution in [0.4, 0.5) is 0 Å². The van der Waals surface area contributed by atoms with Crippen molar-refractivity contribution in [2.24, 2.45) is 16.7 Å². The molecule has 0 aromatic carbocycles. The lowest BCUT2D eigenvalue weighted by molar-refractivity contribution is -0.137. The molecular weight excluding hydrogens is 340 g/mol. The van der Waals surface area contributed by atoms with Crippen LogP contribution in [0, 0.1) is 16.7 Å². The lowest BCUT2D eigenvalue weighted by atomic mass is 9.70. The monoisotopic (exact) mass is 378 g/mol. The molecule has 2 aliphatic rings. The molecular formula is C23H38O4. The minimum atomic E-state index is -0.994. The first-order valence-electron chi connectivity index (χ1n) is 11.1. The van der Waals surface area contributed by atoms with Gasteiger partial charge in [-0.05, 0) is 38.0 Å². The van der Waals surface area contributed by atoms with Crippen LogP contribution in [0.15, 0.2) is 11.1 Å². The molecule has 0 amide bonds. The molecule has 3 unspecified atom stereocenters. The Kier molecular flexibility index (Phi) is 7.53. The highest BCUT2D eigenvalue weighted by atomic mass is 16.4. The summed E-state index contributed by atoms with van der Waals surface area (Å²) in [6.45, 7) is 6.53. The lowest BCUT2D eigenvalue weighted by Gasteiger charge is -2.33. The standard InChI is InChI=1S/C23H38O4/c1-4-7-9-10-12-22-13-14-23(16-22,15-17(6-3)11-8-5-2)19(21(26)27)18(22)20(24)25/h17H,4-16H2,1-3H3,(H,24,25)(H,26,27). The third-order valence-electron chi connectivity index (χ3n) is 7.23. The van der Waals surface area contributed by atoms with Crippen molar-refractivity contribution in [1.29, 1.82) is 0 Å². The molecule has 0 aliphatic heterocycles. The SMILES string of the molecule is CCCCCCC12CCC(CC(CC)CCCC)(C1)C(C(=O)O)=C2C(=O)O. The molecule has 1 saturated carbocycles. The average molecular weight is 379 g/mol. The minimum absolute atomic E-state index is 0.253. The van der Waals surface area contributed by atoms with Crippen LogP contribution in [0.1, 0.15) is 104 Å². The van der Waals surface area contributed by atoms with Gasteiger partial charge in [0, 0.05) is 10.8 Å². The average Bonchev–Trinajstić information content (AvgIpc) is 3.13. The molecule has 4 nitrogen and oxygen atoms in total. The Morgan fingerprint density at radius 1 is 0.889 bits per heavy atom. The van der Waals surface area contributed by atoms with Crippen LogP contribution < -0.4 is 0 Å². The predicted molar refractivity (Wildman–Crippen MR) is 108 cm³/mol. The number of hydrogen-bond donors (Lipinski definition) is 2. The Balaban J connectivity index is 2.33. The van der Waals surface area contributed by atoms with Crippen molar-refractivity contribution < 1.29 is 19.8 Å². The number of hydrogen-bond acceptors (Lipinski definition) is 2. The summed E-state index contributed by atoms with van der Waals surface area (Å²) in [7, 11) is 0. The first-order chi connectivity index (χ1) is 12.9. The second kappa shape index (κ2) is 9.25. The highest BCUT2D eigenvalue weighted by Crippen LogP contribution is 2.68. The van der Waals surface area contributed by atoms with Crippen molar-refractivity contribution >= 4 is 11.9 Å². The highest BCUT2D eigenvalue weighted by molar-refractivity contribution is 6.02. The molecule has 0 heterocycles. The number of carbonyl (C=O) groups is 2. The van der Waals surface area contributed by atoms with E-state index >= 15 is 0 Å². The van der Waals surface area contributed by atoms with Gasteiger partial charge in [0.1, 0.15) is 0 Å². The molecule has 0 aromatic rings. The maximum atomic E-state index is 12.2. The second-order valence-corrected chi connectivity index (χ2v) is 9.03. The normalized spacial score (nSPS) is 28.0. The van der Waals surface area contributed by atoms with Gasteiger partial charge in [-0.2, -0.15) is 0 Å². The van der Waals surface area contributed by atoms with Crippen LogP contribution in [-0.2, 0) is 9.59 Å². The summed E-state index contributed by atoms with van der Waals surface area (Å²) in [5.41, 5.74) is -0.315. The zero-order chi connectivity index (χ0) is 20.1. The molecule has 0 saturated heterocycles. The van der Waals surface area contributed by atoms with Crippen molar-refractivity contribution in [3.63, 3.8) is 0 Å². The molecule has 27 heavy (non-hydrogen) atoms. The molecule has 2 aliphatic carbocycles. The molecule has 3 atom stereocenters. The van der Waals surface area contributed by atoms with Crippen LogP contribution >= 0.6 is 0 Å². The number of aliphatic carboxylic acids is 2. The van der Waals surface area contributed by atoms with E-state index in [0.29, 0.717) is 5.92 Å². The highest BCUT2D eigenvalue weighted by Gasteiger charge is 2.62. The van der Waals surface area contributed by atoms with Gasteiger partial charge in [0.25, 0.3) is 0 Å². The molecule has 4 heteroatoms. The maximum absolute atomic E-state index is 12.2. The first-order valence-corrected chi connectivity index (χ1v) is 11.1. The van der Waals surface area contributed by atoms with Crippen LogP contribution in [0.2, 0.25) is 0 Å². The van der Waals surface area contributed by atoms with Crippen molar-refractivity contribution in [2.75, 3.05) is 0 Å². The van der Waals surface area contributed by atoms with E-state index in [1.807, 2.05) is 0 Å². The van der Waals surface area contributed by atoms with Gasteiger partial charge in [-0.25, -0.2) is 9.59 Å². The summed E-state index contributed by atoms with van der Waals surface area (Å²) in [6, 6.07) is 0. The van der Waals surface area contributed by atoms with Gasteiger partial charge in [0.05, 0.1) is 11.1 Å². The van der Waals surface area contributed by atoms with Crippen LogP contribution in [0.25, 0.3) is 0 Å². The Morgan fingerprint density at radius 2 is 1.48 bits per heavy atom. The Hall–Kier alpha value is -1.32. The third kappa shape index (κ3) is 4.41. The summed E-state index contributed by atoms with van der Waals surface area (Å²) in [6.07, 6.45) is 13.0. The summed E-state index contributed by atoms with van der Waals surface area (Å²) in [5.74, 6) is -1.50. The lowest BCUT2D eigenvalue weighted by Crippen LogP contribution is -2.30. The summed E-state index contributed by atoms with van der Waals surface area (Å²) in [5, 5.41) is 19.9. The molecule has 2 bridgehead atoms. The maximum Gasteiger partial charge on any atom is 0.332 e. The summed E-state index contributed by atoms with van der Waals surface area (Å²) < 4.78 is 0.